The fraction of sp³-hybridized carbons (Fsp3) is 0.214. The van der Waals surface area contributed by atoms with Gasteiger partial charge in [0.15, 0.2) is 0 Å². The molecule has 1 aromatic carbocycles. The number of carbonyl (C=O) groups is 1. The van der Waals surface area contributed by atoms with Gasteiger partial charge in [-0.1, -0.05) is 18.7 Å². The fourth-order valence-corrected chi connectivity index (χ4v) is 2.08. The molecule has 1 aliphatic heterocycles. The quantitative estimate of drug-likeness (QED) is 0.415. The molecule has 1 amide bonds. The van der Waals surface area contributed by atoms with Crippen LogP contribution in [0.5, 0.6) is 0 Å². The third kappa shape index (κ3) is 3.09. The van der Waals surface area contributed by atoms with Gasteiger partial charge in [0.1, 0.15) is 0 Å². The second kappa shape index (κ2) is 6.41. The average molecular weight is 272 g/mol. The second-order valence-corrected chi connectivity index (χ2v) is 4.43. The van der Waals surface area contributed by atoms with Gasteiger partial charge in [-0.3, -0.25) is 4.79 Å². The van der Waals surface area contributed by atoms with E-state index in [0.717, 1.165) is 12.0 Å². The standard InChI is InChI=1S/C14H17BN2O3/c1-3-10(9-16-2)14(18)17-12-5-4-11-6-7-20-15(19)13(11)8-12/h3-5,8-9,16,19H,1,6-7H2,2H3,(H,17,18)/b10-9+. The Hall–Kier alpha value is -2.05. The lowest BCUT2D eigenvalue weighted by atomic mass is 9.73. The zero-order valence-corrected chi connectivity index (χ0v) is 11.3. The van der Waals surface area contributed by atoms with Crippen molar-refractivity contribution in [2.45, 2.75) is 6.42 Å². The van der Waals surface area contributed by atoms with E-state index in [1.165, 1.54) is 6.08 Å². The highest BCUT2D eigenvalue weighted by molar-refractivity contribution is 6.61. The van der Waals surface area contributed by atoms with Crippen LogP contribution >= 0.6 is 0 Å². The molecule has 0 bridgehead atoms. The lowest BCUT2D eigenvalue weighted by molar-refractivity contribution is -0.112. The van der Waals surface area contributed by atoms with Gasteiger partial charge in [-0.15, -0.1) is 0 Å². The van der Waals surface area contributed by atoms with E-state index >= 15 is 0 Å². The van der Waals surface area contributed by atoms with Gasteiger partial charge in [0.2, 0.25) is 0 Å². The molecule has 0 radical (unpaired) electrons. The Morgan fingerprint density at radius 3 is 3.05 bits per heavy atom. The summed E-state index contributed by atoms with van der Waals surface area (Å²) in [5, 5.41) is 15.3. The Kier molecular flexibility index (Phi) is 4.60. The number of nitrogens with one attached hydrogen (secondary N) is 2. The Balaban J connectivity index is 2.18. The molecule has 2 rings (SSSR count). The van der Waals surface area contributed by atoms with Crippen LogP contribution in [0.2, 0.25) is 0 Å². The van der Waals surface area contributed by atoms with Gasteiger partial charge in [0.25, 0.3) is 5.91 Å². The van der Waals surface area contributed by atoms with Gasteiger partial charge in [-0.2, -0.15) is 0 Å². The fourth-order valence-electron chi connectivity index (χ4n) is 2.08. The first-order valence-electron chi connectivity index (χ1n) is 6.39. The first-order chi connectivity index (χ1) is 9.65. The molecule has 0 spiro atoms. The molecule has 0 unspecified atom stereocenters. The summed E-state index contributed by atoms with van der Waals surface area (Å²) in [5.74, 6) is -0.263. The molecule has 1 aliphatic rings. The maximum atomic E-state index is 12.0. The summed E-state index contributed by atoms with van der Waals surface area (Å²) >= 11 is 0. The number of hydrogen-bond acceptors (Lipinski definition) is 4. The predicted molar refractivity (Wildman–Crippen MR) is 79.7 cm³/mol. The van der Waals surface area contributed by atoms with Crippen LogP contribution in [0, 0.1) is 0 Å². The molecule has 5 nitrogen and oxygen atoms in total. The maximum absolute atomic E-state index is 12.0. The molecule has 20 heavy (non-hydrogen) atoms. The van der Waals surface area contributed by atoms with Crippen LogP contribution in [0.3, 0.4) is 0 Å². The van der Waals surface area contributed by atoms with Crippen LogP contribution in [0.15, 0.2) is 42.6 Å². The molecular weight excluding hydrogens is 255 g/mol. The number of anilines is 1. The van der Waals surface area contributed by atoms with Crippen molar-refractivity contribution in [2.75, 3.05) is 19.0 Å². The van der Waals surface area contributed by atoms with Gasteiger partial charge in [-0.05, 0) is 29.6 Å². The van der Waals surface area contributed by atoms with Crippen molar-refractivity contribution in [1.82, 2.24) is 5.32 Å². The van der Waals surface area contributed by atoms with E-state index in [2.05, 4.69) is 17.2 Å². The third-order valence-corrected chi connectivity index (χ3v) is 3.10. The van der Waals surface area contributed by atoms with Crippen LogP contribution in [0.1, 0.15) is 5.56 Å². The van der Waals surface area contributed by atoms with Crippen LogP contribution in [-0.4, -0.2) is 31.7 Å². The first kappa shape index (κ1) is 14.4. The molecule has 1 heterocycles. The minimum absolute atomic E-state index is 0.263. The summed E-state index contributed by atoms with van der Waals surface area (Å²) in [6, 6.07) is 5.44. The number of amides is 1. The molecule has 0 aliphatic carbocycles. The van der Waals surface area contributed by atoms with Crippen molar-refractivity contribution in [3.8, 4) is 0 Å². The smallest absolute Gasteiger partial charge is 0.423 e. The highest BCUT2D eigenvalue weighted by atomic mass is 16.5. The van der Waals surface area contributed by atoms with E-state index in [1.54, 1.807) is 19.3 Å². The summed E-state index contributed by atoms with van der Waals surface area (Å²) in [5.41, 5.74) is 2.78. The van der Waals surface area contributed by atoms with Gasteiger partial charge in [0.05, 0.1) is 5.57 Å². The Morgan fingerprint density at radius 2 is 2.35 bits per heavy atom. The molecule has 0 atom stereocenters. The van der Waals surface area contributed by atoms with Gasteiger partial charge in [0, 0.05) is 25.5 Å². The van der Waals surface area contributed by atoms with E-state index < -0.39 is 7.12 Å². The number of fused-ring (bicyclic) bond motifs is 1. The topological polar surface area (TPSA) is 70.6 Å². The van der Waals surface area contributed by atoms with Crippen LogP contribution < -0.4 is 16.1 Å². The molecule has 0 fully saturated rings. The monoisotopic (exact) mass is 272 g/mol. The van der Waals surface area contributed by atoms with E-state index in [-0.39, 0.29) is 5.91 Å². The molecule has 6 heteroatoms. The zero-order valence-electron chi connectivity index (χ0n) is 11.3. The maximum Gasteiger partial charge on any atom is 0.491 e. The molecule has 3 N–H and O–H groups in total. The molecule has 0 saturated heterocycles. The number of rotatable bonds is 4. The highest BCUT2D eigenvalue weighted by Gasteiger charge is 2.25. The highest BCUT2D eigenvalue weighted by Crippen LogP contribution is 2.13. The summed E-state index contributed by atoms with van der Waals surface area (Å²) in [6.45, 7) is 4.10. The van der Waals surface area contributed by atoms with E-state index in [1.807, 2.05) is 12.1 Å². The van der Waals surface area contributed by atoms with Crippen molar-refractivity contribution in [1.29, 1.82) is 0 Å². The number of hydrogen-bond donors (Lipinski definition) is 3. The zero-order chi connectivity index (χ0) is 14.5. The molecule has 1 aromatic rings. The van der Waals surface area contributed by atoms with Crippen molar-refractivity contribution >= 4 is 24.2 Å². The first-order valence-corrected chi connectivity index (χ1v) is 6.39. The van der Waals surface area contributed by atoms with Crippen molar-refractivity contribution in [3.05, 3.63) is 48.2 Å². The Bertz CT molecular complexity index is 557. The summed E-state index contributed by atoms with van der Waals surface area (Å²) in [7, 11) is 0.783. The van der Waals surface area contributed by atoms with Gasteiger partial charge < -0.3 is 20.3 Å². The summed E-state index contributed by atoms with van der Waals surface area (Å²) in [6.07, 6.45) is 3.80. The average Bonchev–Trinajstić information content (AvgIpc) is 2.45. The van der Waals surface area contributed by atoms with E-state index in [9.17, 15) is 9.82 Å². The predicted octanol–water partition coefficient (Wildman–Crippen LogP) is 0.175. The SMILES string of the molecule is C=C/C(=C\NC)C(=O)Nc1ccc2c(c1)B(O)OCC2. The van der Waals surface area contributed by atoms with Crippen LogP contribution in [-0.2, 0) is 15.9 Å². The van der Waals surface area contributed by atoms with E-state index in [0.29, 0.717) is 23.3 Å². The van der Waals surface area contributed by atoms with E-state index in [4.69, 9.17) is 4.65 Å². The van der Waals surface area contributed by atoms with Crippen molar-refractivity contribution in [2.24, 2.45) is 0 Å². The van der Waals surface area contributed by atoms with Gasteiger partial charge in [-0.25, -0.2) is 0 Å². The lowest BCUT2D eigenvalue weighted by Gasteiger charge is -2.19. The summed E-state index contributed by atoms with van der Waals surface area (Å²) < 4.78 is 5.18. The third-order valence-electron chi connectivity index (χ3n) is 3.10. The molecule has 0 saturated carbocycles. The number of benzene rings is 1. The van der Waals surface area contributed by atoms with Crippen molar-refractivity contribution < 1.29 is 14.5 Å². The Labute approximate surface area is 118 Å². The minimum atomic E-state index is -0.928. The minimum Gasteiger partial charge on any atom is -0.423 e. The normalized spacial score (nSPS) is 14.5. The summed E-state index contributed by atoms with van der Waals surface area (Å²) in [4.78, 5) is 12.0. The molecular formula is C14H17BN2O3. The van der Waals surface area contributed by atoms with Crippen LogP contribution in [0.25, 0.3) is 0 Å². The van der Waals surface area contributed by atoms with Gasteiger partial charge >= 0.3 is 7.12 Å². The lowest BCUT2D eigenvalue weighted by Crippen LogP contribution is -2.41. The van der Waals surface area contributed by atoms with Crippen molar-refractivity contribution in [3.63, 3.8) is 0 Å². The van der Waals surface area contributed by atoms with Crippen LogP contribution in [0.4, 0.5) is 5.69 Å². The Morgan fingerprint density at radius 1 is 1.55 bits per heavy atom. The largest absolute Gasteiger partial charge is 0.491 e. The molecule has 104 valence electrons. The second-order valence-electron chi connectivity index (χ2n) is 4.43. The molecule has 0 aromatic heterocycles. The number of carbonyl (C=O) groups excluding carboxylic acids is 1.